The topological polar surface area (TPSA) is 38.7 Å². The first-order valence-corrected chi connectivity index (χ1v) is 18.7. The smallest absolute Gasteiger partial charge is 0.164 e. The average Bonchev–Trinajstić information content (AvgIpc) is 3.72. The van der Waals surface area contributed by atoms with E-state index in [0.29, 0.717) is 17.5 Å². The highest BCUT2D eigenvalue weighted by Gasteiger charge is 2.50. The summed E-state index contributed by atoms with van der Waals surface area (Å²) in [5.41, 5.74) is 10.2. The second-order valence-corrected chi connectivity index (χ2v) is 15.3. The van der Waals surface area contributed by atoms with Gasteiger partial charge in [0.05, 0.1) is 5.41 Å². The lowest BCUT2D eigenvalue weighted by Gasteiger charge is -2.39. The molecule has 11 rings (SSSR count). The quantitative estimate of drug-likeness (QED) is 0.186. The highest BCUT2D eigenvalue weighted by molar-refractivity contribution is 7.99. The van der Waals surface area contributed by atoms with Crippen molar-refractivity contribution in [3.63, 3.8) is 0 Å². The van der Waals surface area contributed by atoms with Gasteiger partial charge in [-0.1, -0.05) is 145 Å². The molecule has 2 aromatic heterocycles. The summed E-state index contributed by atoms with van der Waals surface area (Å²) in [6, 6.07) is 59.0. The molecular formula is C46H27N3S2. The van der Waals surface area contributed by atoms with E-state index in [9.17, 15) is 0 Å². The van der Waals surface area contributed by atoms with Crippen LogP contribution in [0.2, 0.25) is 0 Å². The predicted octanol–water partition coefficient (Wildman–Crippen LogP) is 12.1. The number of hydrogen-bond acceptors (Lipinski definition) is 5. The number of fused-ring (bicyclic) bond motifs is 12. The molecule has 1 aliphatic heterocycles. The largest absolute Gasteiger partial charge is 0.208 e. The van der Waals surface area contributed by atoms with Gasteiger partial charge in [-0.3, -0.25) is 0 Å². The van der Waals surface area contributed by atoms with Crippen LogP contribution >= 0.6 is 23.1 Å². The molecule has 7 aromatic carbocycles. The van der Waals surface area contributed by atoms with E-state index in [1.165, 1.54) is 63.3 Å². The molecule has 3 heterocycles. The average molecular weight is 686 g/mol. The van der Waals surface area contributed by atoms with Gasteiger partial charge in [0.1, 0.15) is 0 Å². The fraction of sp³-hybridized carbons (Fsp3) is 0.0217. The van der Waals surface area contributed by atoms with Crippen molar-refractivity contribution in [2.45, 2.75) is 15.2 Å². The van der Waals surface area contributed by atoms with Gasteiger partial charge in [0.15, 0.2) is 17.5 Å². The molecule has 1 aliphatic carbocycles. The van der Waals surface area contributed by atoms with Crippen molar-refractivity contribution in [1.82, 2.24) is 15.0 Å². The van der Waals surface area contributed by atoms with E-state index in [1.54, 1.807) is 0 Å². The Bertz CT molecular complexity index is 2810. The first-order valence-electron chi connectivity index (χ1n) is 17.1. The molecule has 5 heteroatoms. The summed E-state index contributed by atoms with van der Waals surface area (Å²) in [4.78, 5) is 18.0. The van der Waals surface area contributed by atoms with Crippen LogP contribution in [0.1, 0.15) is 22.3 Å². The molecule has 0 unspecified atom stereocenters. The van der Waals surface area contributed by atoms with Crippen LogP contribution in [-0.2, 0) is 5.41 Å². The highest BCUT2D eigenvalue weighted by Crippen LogP contribution is 2.62. The van der Waals surface area contributed by atoms with E-state index < -0.39 is 5.41 Å². The Morgan fingerprint density at radius 3 is 1.69 bits per heavy atom. The summed E-state index contributed by atoms with van der Waals surface area (Å²) in [6.45, 7) is 0. The highest BCUT2D eigenvalue weighted by atomic mass is 32.2. The molecule has 0 bridgehead atoms. The SMILES string of the molecule is c1ccc(-c2nc(-c3ccc4c(c3)C3(c5ccccc5S4)c4ccccc4-c4ccccc43)nc(-c3ccc4c(c3)sc3ccccc34)n2)cc1. The summed E-state index contributed by atoms with van der Waals surface area (Å²) in [5, 5.41) is 2.54. The molecule has 0 N–H and O–H groups in total. The van der Waals surface area contributed by atoms with E-state index in [-0.39, 0.29) is 0 Å². The van der Waals surface area contributed by atoms with Crippen LogP contribution < -0.4 is 0 Å². The third-order valence-electron chi connectivity index (χ3n) is 10.4. The zero-order chi connectivity index (χ0) is 33.5. The van der Waals surface area contributed by atoms with Crippen molar-refractivity contribution in [1.29, 1.82) is 0 Å². The summed E-state index contributed by atoms with van der Waals surface area (Å²) < 4.78 is 2.50. The van der Waals surface area contributed by atoms with Crippen LogP contribution in [0.15, 0.2) is 174 Å². The standard InChI is InChI=1S/C46H27N3S2/c1-2-12-28(13-3-1)43-47-44(49-45(48-43)30-22-24-34-33-16-6-10-20-39(33)50-42(34)27-30)29-23-25-41-38(26-29)46(37-19-9-11-21-40(37)51-41)35-17-7-4-14-31(35)32-15-5-8-18-36(32)46/h1-27H. The first kappa shape index (κ1) is 28.9. The third-order valence-corrected chi connectivity index (χ3v) is 12.7. The monoisotopic (exact) mass is 685 g/mol. The van der Waals surface area contributed by atoms with Gasteiger partial charge in [-0.25, -0.2) is 15.0 Å². The lowest BCUT2D eigenvalue weighted by atomic mass is 9.67. The van der Waals surface area contributed by atoms with Crippen LogP contribution in [0.3, 0.4) is 0 Å². The normalized spacial score (nSPS) is 13.6. The second-order valence-electron chi connectivity index (χ2n) is 13.1. The molecular weight excluding hydrogens is 659 g/mol. The minimum Gasteiger partial charge on any atom is -0.208 e. The minimum atomic E-state index is -0.468. The predicted molar refractivity (Wildman–Crippen MR) is 210 cm³/mol. The molecule has 0 radical (unpaired) electrons. The molecule has 1 spiro atoms. The van der Waals surface area contributed by atoms with Crippen LogP contribution in [0, 0.1) is 0 Å². The molecule has 0 atom stereocenters. The zero-order valence-corrected chi connectivity index (χ0v) is 28.9. The Morgan fingerprint density at radius 1 is 0.373 bits per heavy atom. The van der Waals surface area contributed by atoms with Crippen molar-refractivity contribution < 1.29 is 0 Å². The molecule has 238 valence electrons. The number of benzene rings is 7. The minimum absolute atomic E-state index is 0.468. The Morgan fingerprint density at radius 2 is 0.922 bits per heavy atom. The number of aromatic nitrogens is 3. The maximum absolute atomic E-state index is 5.23. The van der Waals surface area contributed by atoms with Crippen LogP contribution in [0.4, 0.5) is 0 Å². The molecule has 0 saturated carbocycles. The molecule has 2 aliphatic rings. The van der Waals surface area contributed by atoms with Gasteiger partial charge in [0.2, 0.25) is 0 Å². The van der Waals surface area contributed by atoms with Gasteiger partial charge in [-0.15, -0.1) is 11.3 Å². The van der Waals surface area contributed by atoms with Crippen molar-refractivity contribution in [2.75, 3.05) is 0 Å². The molecule has 0 saturated heterocycles. The number of nitrogens with zero attached hydrogens (tertiary/aromatic N) is 3. The fourth-order valence-electron chi connectivity index (χ4n) is 8.21. The van der Waals surface area contributed by atoms with E-state index in [1.807, 2.05) is 41.3 Å². The van der Waals surface area contributed by atoms with Gasteiger partial charge < -0.3 is 0 Å². The Balaban J connectivity index is 1.15. The van der Waals surface area contributed by atoms with E-state index in [2.05, 4.69) is 146 Å². The van der Waals surface area contributed by atoms with Crippen molar-refractivity contribution >= 4 is 43.3 Å². The Hall–Kier alpha value is -5.88. The van der Waals surface area contributed by atoms with Crippen molar-refractivity contribution in [2.24, 2.45) is 0 Å². The first-order chi connectivity index (χ1) is 25.3. The second kappa shape index (κ2) is 11.1. The molecule has 9 aromatic rings. The van der Waals surface area contributed by atoms with Crippen LogP contribution in [-0.4, -0.2) is 15.0 Å². The molecule has 51 heavy (non-hydrogen) atoms. The van der Waals surface area contributed by atoms with Crippen molar-refractivity contribution in [3.05, 3.63) is 186 Å². The van der Waals surface area contributed by atoms with Gasteiger partial charge in [0.25, 0.3) is 0 Å². The maximum atomic E-state index is 5.23. The fourth-order valence-corrected chi connectivity index (χ4v) is 10.5. The van der Waals surface area contributed by atoms with Gasteiger partial charge in [-0.2, -0.15) is 0 Å². The maximum Gasteiger partial charge on any atom is 0.164 e. The summed E-state index contributed by atoms with van der Waals surface area (Å²) >= 11 is 3.65. The third kappa shape index (κ3) is 4.22. The Kier molecular flexibility index (Phi) is 6.27. The zero-order valence-electron chi connectivity index (χ0n) is 27.2. The van der Waals surface area contributed by atoms with Gasteiger partial charge in [-0.05, 0) is 63.7 Å². The number of hydrogen-bond donors (Lipinski definition) is 0. The molecule has 3 nitrogen and oxygen atoms in total. The lowest BCUT2D eigenvalue weighted by molar-refractivity contribution is 0.722. The summed E-state index contributed by atoms with van der Waals surface area (Å²) in [5.74, 6) is 1.99. The van der Waals surface area contributed by atoms with E-state index in [4.69, 9.17) is 15.0 Å². The van der Waals surface area contributed by atoms with Crippen molar-refractivity contribution in [3.8, 4) is 45.3 Å². The number of thiophene rings is 1. The summed E-state index contributed by atoms with van der Waals surface area (Å²) in [7, 11) is 0. The van der Waals surface area contributed by atoms with Gasteiger partial charge in [0, 0.05) is 46.7 Å². The van der Waals surface area contributed by atoms with E-state index in [0.717, 1.165) is 16.7 Å². The van der Waals surface area contributed by atoms with Gasteiger partial charge >= 0.3 is 0 Å². The Labute approximate surface area is 303 Å². The van der Waals surface area contributed by atoms with Crippen LogP contribution in [0.5, 0.6) is 0 Å². The molecule has 0 amide bonds. The molecule has 0 fully saturated rings. The summed E-state index contributed by atoms with van der Waals surface area (Å²) in [6.07, 6.45) is 0. The van der Waals surface area contributed by atoms with E-state index >= 15 is 0 Å². The lowest BCUT2D eigenvalue weighted by Crippen LogP contribution is -2.32. The van der Waals surface area contributed by atoms with Crippen LogP contribution in [0.25, 0.3) is 65.5 Å². The number of rotatable bonds is 3.